The van der Waals surface area contributed by atoms with Crippen molar-refractivity contribution in [2.45, 2.75) is 57.9 Å². The number of benzene rings is 1. The van der Waals surface area contributed by atoms with Crippen molar-refractivity contribution in [1.82, 2.24) is 5.32 Å². The van der Waals surface area contributed by atoms with E-state index in [-0.39, 0.29) is 0 Å². The summed E-state index contributed by atoms with van der Waals surface area (Å²) < 4.78 is 5.61. The van der Waals surface area contributed by atoms with Gasteiger partial charge in [0.2, 0.25) is 0 Å². The van der Waals surface area contributed by atoms with Crippen molar-refractivity contribution in [2.75, 3.05) is 19.8 Å². The zero-order chi connectivity index (χ0) is 14.7. The molecule has 0 atom stereocenters. The maximum Gasteiger partial charge on any atom is 0.0471 e. The lowest BCUT2D eigenvalue weighted by molar-refractivity contribution is 0.0147. The van der Waals surface area contributed by atoms with E-state index in [2.05, 4.69) is 43.4 Å². The van der Waals surface area contributed by atoms with Gasteiger partial charge in [-0.15, -0.1) is 0 Å². The third kappa shape index (κ3) is 4.08. The molecule has 21 heavy (non-hydrogen) atoms. The van der Waals surface area contributed by atoms with Gasteiger partial charge < -0.3 is 10.1 Å². The van der Waals surface area contributed by atoms with Gasteiger partial charge in [-0.05, 0) is 54.6 Å². The first kappa shape index (κ1) is 15.1. The smallest absolute Gasteiger partial charge is 0.0471 e. The molecule has 1 aromatic rings. The minimum atomic E-state index is 0.403. The summed E-state index contributed by atoms with van der Waals surface area (Å²) in [6.07, 6.45) is 6.32. The number of rotatable bonds is 6. The van der Waals surface area contributed by atoms with E-state index in [9.17, 15) is 0 Å². The third-order valence-electron chi connectivity index (χ3n) is 5.12. The fraction of sp³-hybridized carbons (Fsp3) is 0.684. The summed E-state index contributed by atoms with van der Waals surface area (Å²) in [6.45, 7) is 7.53. The van der Waals surface area contributed by atoms with Gasteiger partial charge in [-0.25, -0.2) is 0 Å². The van der Waals surface area contributed by atoms with Crippen LogP contribution < -0.4 is 5.32 Å². The Hall–Kier alpha value is -0.860. The Balaban J connectivity index is 1.67. The lowest BCUT2D eigenvalue weighted by Crippen LogP contribution is -2.41. The van der Waals surface area contributed by atoms with Gasteiger partial charge in [-0.3, -0.25) is 0 Å². The Bertz CT molecular complexity index is 441. The molecule has 0 bridgehead atoms. The molecule has 0 radical (unpaired) electrons. The van der Waals surface area contributed by atoms with Gasteiger partial charge in [0, 0.05) is 25.8 Å². The van der Waals surface area contributed by atoms with Crippen LogP contribution in [0.25, 0.3) is 0 Å². The van der Waals surface area contributed by atoms with Crippen LogP contribution in [0, 0.1) is 5.41 Å². The Morgan fingerprint density at radius 3 is 2.38 bits per heavy atom. The molecule has 2 heteroatoms. The summed E-state index contributed by atoms with van der Waals surface area (Å²) in [5, 5.41) is 3.76. The fourth-order valence-corrected chi connectivity index (χ4v) is 3.32. The molecule has 1 saturated carbocycles. The van der Waals surface area contributed by atoms with Crippen molar-refractivity contribution in [3.63, 3.8) is 0 Å². The largest absolute Gasteiger partial charge is 0.381 e. The van der Waals surface area contributed by atoms with Crippen LogP contribution in [0.2, 0.25) is 0 Å². The third-order valence-corrected chi connectivity index (χ3v) is 5.12. The monoisotopic (exact) mass is 287 g/mol. The number of nitrogens with one attached hydrogen (secondary N) is 1. The van der Waals surface area contributed by atoms with Gasteiger partial charge >= 0.3 is 0 Å². The molecule has 0 amide bonds. The molecule has 1 N–H and O–H groups in total. The zero-order valence-corrected chi connectivity index (χ0v) is 13.5. The highest BCUT2D eigenvalue weighted by atomic mass is 16.5. The van der Waals surface area contributed by atoms with Crippen molar-refractivity contribution in [1.29, 1.82) is 0 Å². The second-order valence-corrected chi connectivity index (χ2v) is 7.34. The van der Waals surface area contributed by atoms with E-state index in [0.717, 1.165) is 25.8 Å². The molecule has 1 heterocycles. The van der Waals surface area contributed by atoms with Gasteiger partial charge in [-0.1, -0.05) is 38.1 Å². The summed E-state index contributed by atoms with van der Waals surface area (Å²) in [5.74, 6) is 0.618. The minimum absolute atomic E-state index is 0.403. The quantitative estimate of drug-likeness (QED) is 0.856. The normalized spacial score (nSPS) is 21.7. The SMILES string of the molecule is CC(C)c1ccc(CC2(CNC3CC3)CCOCC2)cc1. The van der Waals surface area contributed by atoms with E-state index in [4.69, 9.17) is 4.74 Å². The second kappa shape index (κ2) is 6.50. The highest BCUT2D eigenvalue weighted by molar-refractivity contribution is 5.25. The summed E-state index contributed by atoms with van der Waals surface area (Å²) in [6, 6.07) is 10.1. The number of hydrogen-bond donors (Lipinski definition) is 1. The molecule has 1 aliphatic heterocycles. The van der Waals surface area contributed by atoms with Gasteiger partial charge in [0.25, 0.3) is 0 Å². The average Bonchev–Trinajstić information content (AvgIpc) is 3.31. The summed E-state index contributed by atoms with van der Waals surface area (Å²) in [7, 11) is 0. The molecule has 2 nitrogen and oxygen atoms in total. The molecule has 0 aromatic heterocycles. The van der Waals surface area contributed by atoms with E-state index in [0.29, 0.717) is 11.3 Å². The Morgan fingerprint density at radius 2 is 1.81 bits per heavy atom. The van der Waals surface area contributed by atoms with Gasteiger partial charge in [0.05, 0.1) is 0 Å². The number of hydrogen-bond acceptors (Lipinski definition) is 2. The lowest BCUT2D eigenvalue weighted by Gasteiger charge is -2.38. The topological polar surface area (TPSA) is 21.3 Å². The molecule has 0 spiro atoms. The van der Waals surface area contributed by atoms with Crippen LogP contribution in [-0.4, -0.2) is 25.8 Å². The minimum Gasteiger partial charge on any atom is -0.381 e. The average molecular weight is 287 g/mol. The van der Waals surface area contributed by atoms with Crippen molar-refractivity contribution in [3.05, 3.63) is 35.4 Å². The molecule has 2 fully saturated rings. The first-order valence-electron chi connectivity index (χ1n) is 8.57. The van der Waals surface area contributed by atoms with Crippen LogP contribution in [0.3, 0.4) is 0 Å². The molecule has 0 unspecified atom stereocenters. The van der Waals surface area contributed by atoms with E-state index in [1.807, 2.05) is 0 Å². The van der Waals surface area contributed by atoms with Crippen molar-refractivity contribution >= 4 is 0 Å². The molecule has 1 saturated heterocycles. The Morgan fingerprint density at radius 1 is 1.14 bits per heavy atom. The molecule has 1 aliphatic carbocycles. The van der Waals surface area contributed by atoms with E-state index >= 15 is 0 Å². The molecule has 2 aliphatic rings. The van der Waals surface area contributed by atoms with Crippen molar-refractivity contribution in [3.8, 4) is 0 Å². The Labute approximate surface area is 129 Å². The van der Waals surface area contributed by atoms with Crippen LogP contribution in [0.5, 0.6) is 0 Å². The predicted molar refractivity (Wildman–Crippen MR) is 87.7 cm³/mol. The molecule has 1 aromatic carbocycles. The fourth-order valence-electron chi connectivity index (χ4n) is 3.32. The Kier molecular flexibility index (Phi) is 4.66. The van der Waals surface area contributed by atoms with Crippen molar-refractivity contribution < 1.29 is 4.74 Å². The van der Waals surface area contributed by atoms with Gasteiger partial charge in [0.15, 0.2) is 0 Å². The van der Waals surface area contributed by atoms with E-state index < -0.39 is 0 Å². The molecule has 116 valence electrons. The van der Waals surface area contributed by atoms with Crippen LogP contribution in [-0.2, 0) is 11.2 Å². The first-order valence-corrected chi connectivity index (χ1v) is 8.57. The van der Waals surface area contributed by atoms with E-state index in [1.54, 1.807) is 0 Å². The number of ether oxygens (including phenoxy) is 1. The van der Waals surface area contributed by atoms with Gasteiger partial charge in [-0.2, -0.15) is 0 Å². The molecule has 3 rings (SSSR count). The van der Waals surface area contributed by atoms with Crippen LogP contribution >= 0.6 is 0 Å². The first-order chi connectivity index (χ1) is 10.2. The van der Waals surface area contributed by atoms with Crippen LogP contribution in [0.15, 0.2) is 24.3 Å². The maximum atomic E-state index is 5.61. The summed E-state index contributed by atoms with van der Waals surface area (Å²) >= 11 is 0. The highest BCUT2D eigenvalue weighted by Gasteiger charge is 2.34. The highest BCUT2D eigenvalue weighted by Crippen LogP contribution is 2.35. The second-order valence-electron chi connectivity index (χ2n) is 7.34. The van der Waals surface area contributed by atoms with Crippen molar-refractivity contribution in [2.24, 2.45) is 5.41 Å². The molecular weight excluding hydrogens is 258 g/mol. The zero-order valence-electron chi connectivity index (χ0n) is 13.5. The summed E-state index contributed by atoms with van der Waals surface area (Å²) in [5.41, 5.74) is 3.33. The van der Waals surface area contributed by atoms with Gasteiger partial charge in [0.1, 0.15) is 0 Å². The summed E-state index contributed by atoms with van der Waals surface area (Å²) in [4.78, 5) is 0. The van der Waals surface area contributed by atoms with E-state index in [1.165, 1.54) is 43.2 Å². The standard InChI is InChI=1S/C19H29NO/c1-15(2)17-5-3-16(4-6-17)13-19(9-11-21-12-10-19)14-20-18-7-8-18/h3-6,15,18,20H,7-14H2,1-2H3. The lowest BCUT2D eigenvalue weighted by atomic mass is 9.75. The maximum absolute atomic E-state index is 5.61. The molecular formula is C19H29NO. The van der Waals surface area contributed by atoms with Crippen LogP contribution in [0.4, 0.5) is 0 Å². The predicted octanol–water partition coefficient (Wildman–Crippen LogP) is 3.90. The van der Waals surface area contributed by atoms with Crippen LogP contribution in [0.1, 0.15) is 56.6 Å².